The van der Waals surface area contributed by atoms with Crippen molar-refractivity contribution < 1.29 is 17.9 Å². The summed E-state index contributed by atoms with van der Waals surface area (Å²) in [6.07, 6.45) is 6.80. The number of piperidine rings is 1. The third-order valence-corrected chi connectivity index (χ3v) is 8.39. The predicted octanol–water partition coefficient (Wildman–Crippen LogP) is 3.78. The molecule has 2 atom stereocenters. The van der Waals surface area contributed by atoms with Gasteiger partial charge in [-0.1, -0.05) is 57.9 Å². The Morgan fingerprint density at radius 1 is 1.18 bits per heavy atom. The molecule has 2 unspecified atom stereocenters. The van der Waals surface area contributed by atoms with Crippen LogP contribution in [0.4, 0.5) is 4.79 Å². The monoisotopic (exact) mass is 486 g/mol. The minimum atomic E-state index is -3.65. The van der Waals surface area contributed by atoms with Crippen LogP contribution in [0.5, 0.6) is 0 Å². The third-order valence-electron chi connectivity index (χ3n) is 5.47. The van der Waals surface area contributed by atoms with E-state index < -0.39 is 10.0 Å². The summed E-state index contributed by atoms with van der Waals surface area (Å²) >= 11 is 9.56. The first kappa shape index (κ1) is 19.9. The second-order valence-corrected chi connectivity index (χ2v) is 10.3. The number of cyclic esters (lactones) is 1. The summed E-state index contributed by atoms with van der Waals surface area (Å²) in [5.41, 5.74) is 0. The fourth-order valence-electron chi connectivity index (χ4n) is 4.05. The van der Waals surface area contributed by atoms with Gasteiger partial charge in [-0.15, -0.1) is 0 Å². The van der Waals surface area contributed by atoms with Crippen molar-refractivity contribution in [3.05, 3.63) is 52.0 Å². The Morgan fingerprint density at radius 3 is 2.61 bits per heavy atom. The minimum absolute atomic E-state index is 0.0562. The average Bonchev–Trinajstić information content (AvgIpc) is 2.68. The van der Waals surface area contributed by atoms with E-state index in [9.17, 15) is 13.2 Å². The van der Waals surface area contributed by atoms with Gasteiger partial charge in [-0.3, -0.25) is 4.90 Å². The zero-order valence-corrected chi connectivity index (χ0v) is 18.2. The number of carbonyl (C=O) groups is 1. The Labute approximate surface area is 178 Å². The third kappa shape index (κ3) is 3.63. The second-order valence-electron chi connectivity index (χ2n) is 7.11. The number of amides is 1. The number of carbonyl (C=O) groups excluding carboxylic acids is 1. The van der Waals surface area contributed by atoms with E-state index in [-0.39, 0.29) is 34.0 Å². The molecule has 3 aliphatic rings. The van der Waals surface area contributed by atoms with E-state index in [0.717, 1.165) is 4.48 Å². The van der Waals surface area contributed by atoms with E-state index in [1.807, 2.05) is 12.2 Å². The highest BCUT2D eigenvalue weighted by Gasteiger charge is 2.42. The van der Waals surface area contributed by atoms with Gasteiger partial charge in [-0.05, 0) is 25.0 Å². The summed E-state index contributed by atoms with van der Waals surface area (Å²) in [7, 11) is -3.65. The number of hydrogen-bond acceptors (Lipinski definition) is 4. The molecule has 6 nitrogen and oxygen atoms in total. The van der Waals surface area contributed by atoms with Crippen molar-refractivity contribution in [1.82, 2.24) is 9.21 Å². The standard InChI is InChI=1S/C19H20BrClN2O4S/c20-14-5-6-17-13(11-14)12-27-19(24)23(17)15-7-9-22(10-8-15)28(25,26)18-4-2-1-3-16(18)21/h1-6,11,13,15,17H,7-10,12H2. The van der Waals surface area contributed by atoms with Gasteiger partial charge in [0.1, 0.15) is 11.5 Å². The minimum Gasteiger partial charge on any atom is -0.449 e. The lowest BCUT2D eigenvalue weighted by Crippen LogP contribution is -2.57. The Morgan fingerprint density at radius 2 is 1.89 bits per heavy atom. The van der Waals surface area contributed by atoms with Crippen molar-refractivity contribution in [2.24, 2.45) is 5.92 Å². The molecule has 4 rings (SSSR count). The van der Waals surface area contributed by atoms with Crippen molar-refractivity contribution in [1.29, 1.82) is 0 Å². The Kier molecular flexibility index (Phi) is 5.57. The largest absolute Gasteiger partial charge is 0.449 e. The normalized spacial score (nSPS) is 26.6. The van der Waals surface area contributed by atoms with E-state index in [0.29, 0.717) is 32.5 Å². The molecule has 2 fully saturated rings. The molecule has 2 heterocycles. The number of allylic oxidation sites excluding steroid dienone is 2. The highest BCUT2D eigenvalue weighted by Crippen LogP contribution is 2.34. The SMILES string of the molecule is O=C1OCC2C=C(Br)C=CC2N1C1CCN(S(=O)(=O)c2ccccc2Cl)CC1. The van der Waals surface area contributed by atoms with Gasteiger partial charge >= 0.3 is 6.09 Å². The van der Waals surface area contributed by atoms with Crippen molar-refractivity contribution >= 4 is 43.6 Å². The van der Waals surface area contributed by atoms with Crippen molar-refractivity contribution in [3.8, 4) is 0 Å². The lowest BCUT2D eigenvalue weighted by molar-refractivity contribution is 0.00613. The van der Waals surface area contributed by atoms with E-state index >= 15 is 0 Å². The highest BCUT2D eigenvalue weighted by molar-refractivity contribution is 9.11. The molecule has 0 aromatic heterocycles. The summed E-state index contributed by atoms with van der Waals surface area (Å²) in [4.78, 5) is 14.4. The maximum absolute atomic E-state index is 12.9. The summed E-state index contributed by atoms with van der Waals surface area (Å²) in [5.74, 6) is 0.0990. The molecule has 9 heteroatoms. The molecule has 0 radical (unpaired) electrons. The molecule has 1 aliphatic carbocycles. The number of fused-ring (bicyclic) bond motifs is 1. The van der Waals surface area contributed by atoms with Gasteiger partial charge < -0.3 is 4.74 Å². The van der Waals surface area contributed by atoms with Crippen LogP contribution in [0.2, 0.25) is 5.02 Å². The van der Waals surface area contributed by atoms with Gasteiger partial charge in [0, 0.05) is 29.5 Å². The van der Waals surface area contributed by atoms with Gasteiger partial charge in [0.15, 0.2) is 0 Å². The lowest BCUT2D eigenvalue weighted by Gasteiger charge is -2.45. The number of rotatable bonds is 3. The van der Waals surface area contributed by atoms with Gasteiger partial charge in [-0.2, -0.15) is 4.31 Å². The molecular formula is C19H20BrClN2O4S. The molecule has 28 heavy (non-hydrogen) atoms. The van der Waals surface area contributed by atoms with Crippen LogP contribution < -0.4 is 0 Å². The van der Waals surface area contributed by atoms with Crippen LogP contribution in [0.25, 0.3) is 0 Å². The summed E-state index contributed by atoms with van der Waals surface area (Å²) in [6.45, 7) is 1.03. The molecule has 0 bridgehead atoms. The Bertz CT molecular complexity index is 941. The van der Waals surface area contributed by atoms with Gasteiger partial charge in [0.25, 0.3) is 0 Å². The molecule has 2 saturated heterocycles. The maximum atomic E-state index is 12.9. The summed E-state index contributed by atoms with van der Waals surface area (Å²) in [5, 5.41) is 0.219. The van der Waals surface area contributed by atoms with Gasteiger partial charge in [-0.25, -0.2) is 13.2 Å². The van der Waals surface area contributed by atoms with Crippen LogP contribution in [0, 0.1) is 5.92 Å². The smallest absolute Gasteiger partial charge is 0.410 e. The average molecular weight is 488 g/mol. The lowest BCUT2D eigenvalue weighted by atomic mass is 9.90. The number of sulfonamides is 1. The zero-order chi connectivity index (χ0) is 19.9. The van der Waals surface area contributed by atoms with Crippen molar-refractivity contribution in [2.75, 3.05) is 19.7 Å². The number of hydrogen-bond donors (Lipinski definition) is 0. The second kappa shape index (κ2) is 7.82. The predicted molar refractivity (Wildman–Crippen MR) is 110 cm³/mol. The summed E-state index contributed by atoms with van der Waals surface area (Å²) < 4.78 is 33.7. The number of halogens is 2. The molecule has 2 aliphatic heterocycles. The molecule has 1 amide bonds. The van der Waals surface area contributed by atoms with E-state index in [1.165, 1.54) is 10.4 Å². The number of nitrogens with zero attached hydrogens (tertiary/aromatic N) is 2. The fourth-order valence-corrected chi connectivity index (χ4v) is 6.50. The Hall–Kier alpha value is -1.35. The molecule has 0 saturated carbocycles. The van der Waals surface area contributed by atoms with Crippen LogP contribution >= 0.6 is 27.5 Å². The van der Waals surface area contributed by atoms with Crippen LogP contribution in [-0.4, -0.2) is 55.5 Å². The van der Waals surface area contributed by atoms with Crippen molar-refractivity contribution in [2.45, 2.75) is 29.8 Å². The fraction of sp³-hybridized carbons (Fsp3) is 0.421. The molecule has 1 aromatic carbocycles. The van der Waals surface area contributed by atoms with Gasteiger partial charge in [0.2, 0.25) is 10.0 Å². The summed E-state index contributed by atoms with van der Waals surface area (Å²) in [6, 6.07) is 6.35. The highest BCUT2D eigenvalue weighted by atomic mass is 79.9. The number of benzene rings is 1. The van der Waals surface area contributed by atoms with E-state index in [4.69, 9.17) is 16.3 Å². The van der Waals surface area contributed by atoms with Gasteiger partial charge in [0.05, 0.1) is 11.1 Å². The molecule has 0 spiro atoms. The molecule has 1 aromatic rings. The topological polar surface area (TPSA) is 66.9 Å². The van der Waals surface area contributed by atoms with Crippen LogP contribution in [0.15, 0.2) is 51.9 Å². The van der Waals surface area contributed by atoms with Crippen LogP contribution in [0.3, 0.4) is 0 Å². The first-order chi connectivity index (χ1) is 13.4. The quantitative estimate of drug-likeness (QED) is 0.651. The van der Waals surface area contributed by atoms with Crippen molar-refractivity contribution in [3.63, 3.8) is 0 Å². The molecule has 0 N–H and O–H groups in total. The van der Waals surface area contributed by atoms with E-state index in [2.05, 4.69) is 22.0 Å². The first-order valence-corrected chi connectivity index (χ1v) is 11.7. The Balaban J connectivity index is 1.49. The zero-order valence-electron chi connectivity index (χ0n) is 15.0. The number of ether oxygens (including phenoxy) is 1. The van der Waals surface area contributed by atoms with E-state index in [1.54, 1.807) is 23.1 Å². The van der Waals surface area contributed by atoms with Crippen LogP contribution in [0.1, 0.15) is 12.8 Å². The first-order valence-electron chi connectivity index (χ1n) is 9.13. The van der Waals surface area contributed by atoms with Crippen LogP contribution in [-0.2, 0) is 14.8 Å². The molecule has 150 valence electrons. The molecular weight excluding hydrogens is 468 g/mol. The maximum Gasteiger partial charge on any atom is 0.410 e.